The zero-order valence-electron chi connectivity index (χ0n) is 13.3. The minimum atomic E-state index is -0.425. The molecule has 116 valence electrons. The molecule has 0 radical (unpaired) electrons. The van der Waals surface area contributed by atoms with Crippen LogP contribution < -0.4 is 9.47 Å². The van der Waals surface area contributed by atoms with Crippen LogP contribution in [0, 0.1) is 11.8 Å². The molecule has 0 aromatic heterocycles. The Morgan fingerprint density at radius 3 is 2.86 bits per heavy atom. The van der Waals surface area contributed by atoms with Crippen molar-refractivity contribution in [3.05, 3.63) is 23.8 Å². The first kappa shape index (κ1) is 14.7. The topological polar surface area (TPSA) is 38.7 Å². The Morgan fingerprint density at radius 2 is 2.14 bits per heavy atom. The number of hydrogen-bond donors (Lipinski definition) is 1. The van der Waals surface area contributed by atoms with Crippen molar-refractivity contribution in [1.29, 1.82) is 0 Å². The Kier molecular flexibility index (Phi) is 3.87. The molecule has 1 aromatic carbocycles. The van der Waals surface area contributed by atoms with Crippen LogP contribution in [0.5, 0.6) is 11.5 Å². The highest BCUT2D eigenvalue weighted by Crippen LogP contribution is 2.49. The molecule has 0 bridgehead atoms. The third-order valence-corrected chi connectivity index (χ3v) is 5.26. The van der Waals surface area contributed by atoms with Crippen LogP contribution in [0.15, 0.2) is 18.2 Å². The molecule has 0 saturated heterocycles. The maximum atomic E-state index is 10.5. The minimum absolute atomic E-state index is 0.189. The van der Waals surface area contributed by atoms with Crippen LogP contribution in [0.3, 0.4) is 0 Å². The van der Waals surface area contributed by atoms with Gasteiger partial charge in [-0.2, -0.15) is 0 Å². The van der Waals surface area contributed by atoms with Crippen LogP contribution in [0.2, 0.25) is 0 Å². The SMILES string of the molecule is COc1ccc2c(c1)OC1(CCCC(C(C)C)C1)CC2O. The Hall–Kier alpha value is -1.22. The molecule has 3 rings (SSSR count). The van der Waals surface area contributed by atoms with Crippen molar-refractivity contribution >= 4 is 0 Å². The predicted molar refractivity (Wildman–Crippen MR) is 82.7 cm³/mol. The molecule has 2 aliphatic rings. The van der Waals surface area contributed by atoms with E-state index >= 15 is 0 Å². The zero-order valence-corrected chi connectivity index (χ0v) is 13.3. The third-order valence-electron chi connectivity index (χ3n) is 5.26. The Labute approximate surface area is 127 Å². The van der Waals surface area contributed by atoms with Gasteiger partial charge in [-0.3, -0.25) is 0 Å². The summed E-state index contributed by atoms with van der Waals surface area (Å²) >= 11 is 0. The van der Waals surface area contributed by atoms with Gasteiger partial charge < -0.3 is 14.6 Å². The summed E-state index contributed by atoms with van der Waals surface area (Å²) < 4.78 is 11.7. The summed E-state index contributed by atoms with van der Waals surface area (Å²) in [6.45, 7) is 4.58. The smallest absolute Gasteiger partial charge is 0.129 e. The average Bonchev–Trinajstić information content (AvgIpc) is 2.46. The Balaban J connectivity index is 1.89. The number of ether oxygens (including phenoxy) is 2. The normalized spacial score (nSPS) is 31.9. The standard InChI is InChI=1S/C18H26O3/c1-12(2)13-5-4-8-18(10-13)11-16(19)15-7-6-14(20-3)9-17(15)21-18/h6-7,9,12-13,16,19H,4-5,8,10-11H2,1-3H3. The van der Waals surface area contributed by atoms with Crippen molar-refractivity contribution in [1.82, 2.24) is 0 Å². The van der Waals surface area contributed by atoms with Crippen LogP contribution in [0.4, 0.5) is 0 Å². The van der Waals surface area contributed by atoms with E-state index in [9.17, 15) is 5.11 Å². The molecule has 1 aliphatic heterocycles. The summed E-state index contributed by atoms with van der Waals surface area (Å²) in [6.07, 6.45) is 4.86. The fourth-order valence-corrected chi connectivity index (χ4v) is 3.96. The van der Waals surface area contributed by atoms with Gasteiger partial charge in [-0.1, -0.05) is 13.8 Å². The largest absolute Gasteiger partial charge is 0.497 e. The second kappa shape index (κ2) is 5.53. The number of rotatable bonds is 2. The lowest BCUT2D eigenvalue weighted by atomic mass is 9.70. The van der Waals surface area contributed by atoms with Crippen LogP contribution in [0.1, 0.15) is 57.6 Å². The van der Waals surface area contributed by atoms with E-state index < -0.39 is 6.10 Å². The van der Waals surface area contributed by atoms with Gasteiger partial charge in [0, 0.05) is 18.1 Å². The van der Waals surface area contributed by atoms with Gasteiger partial charge in [-0.05, 0) is 49.7 Å². The van der Waals surface area contributed by atoms with Gasteiger partial charge in [0.1, 0.15) is 17.1 Å². The van der Waals surface area contributed by atoms with Crippen LogP contribution in [0.25, 0.3) is 0 Å². The number of hydrogen-bond acceptors (Lipinski definition) is 3. The van der Waals surface area contributed by atoms with Crippen molar-refractivity contribution in [2.45, 2.75) is 57.7 Å². The van der Waals surface area contributed by atoms with E-state index in [1.165, 1.54) is 12.8 Å². The van der Waals surface area contributed by atoms with E-state index in [-0.39, 0.29) is 5.60 Å². The summed E-state index contributed by atoms with van der Waals surface area (Å²) in [6, 6.07) is 5.73. The lowest BCUT2D eigenvalue weighted by molar-refractivity contribution is -0.0573. The van der Waals surface area contributed by atoms with Crippen molar-refractivity contribution < 1.29 is 14.6 Å². The fraction of sp³-hybridized carbons (Fsp3) is 0.667. The van der Waals surface area contributed by atoms with Gasteiger partial charge in [-0.25, -0.2) is 0 Å². The number of methoxy groups -OCH3 is 1. The molecule has 3 unspecified atom stereocenters. The first-order chi connectivity index (χ1) is 10.0. The molecule has 1 N–H and O–H groups in total. The van der Waals surface area contributed by atoms with E-state index in [1.54, 1.807) is 7.11 Å². The van der Waals surface area contributed by atoms with Gasteiger partial charge in [-0.15, -0.1) is 0 Å². The highest BCUT2D eigenvalue weighted by atomic mass is 16.5. The van der Waals surface area contributed by atoms with Crippen molar-refractivity contribution in [2.24, 2.45) is 11.8 Å². The molecule has 3 heteroatoms. The first-order valence-electron chi connectivity index (χ1n) is 8.08. The Bertz CT molecular complexity index is 511. The van der Waals surface area contributed by atoms with Gasteiger partial charge in [0.2, 0.25) is 0 Å². The molecular formula is C18H26O3. The predicted octanol–water partition coefficient (Wildman–Crippen LogP) is 4.10. The van der Waals surface area contributed by atoms with E-state index in [2.05, 4.69) is 13.8 Å². The van der Waals surface area contributed by atoms with Gasteiger partial charge in [0.05, 0.1) is 13.2 Å². The lowest BCUT2D eigenvalue weighted by Gasteiger charge is -2.46. The average molecular weight is 290 g/mol. The van der Waals surface area contributed by atoms with E-state index in [0.29, 0.717) is 11.8 Å². The second-order valence-corrected chi connectivity index (χ2v) is 7.01. The molecular weight excluding hydrogens is 264 g/mol. The van der Waals surface area contributed by atoms with E-state index in [0.717, 1.165) is 36.3 Å². The van der Waals surface area contributed by atoms with Crippen LogP contribution in [-0.2, 0) is 0 Å². The molecule has 3 nitrogen and oxygen atoms in total. The molecule has 1 spiro atoms. The number of benzene rings is 1. The van der Waals surface area contributed by atoms with E-state index in [4.69, 9.17) is 9.47 Å². The maximum absolute atomic E-state index is 10.5. The fourth-order valence-electron chi connectivity index (χ4n) is 3.96. The van der Waals surface area contributed by atoms with E-state index in [1.807, 2.05) is 18.2 Å². The molecule has 1 aromatic rings. The van der Waals surface area contributed by atoms with Crippen LogP contribution in [-0.4, -0.2) is 17.8 Å². The summed E-state index contributed by atoms with van der Waals surface area (Å²) in [5.41, 5.74) is 0.708. The lowest BCUT2D eigenvalue weighted by Crippen LogP contribution is -2.45. The van der Waals surface area contributed by atoms with Gasteiger partial charge >= 0.3 is 0 Å². The highest BCUT2D eigenvalue weighted by molar-refractivity contribution is 5.44. The minimum Gasteiger partial charge on any atom is -0.497 e. The summed E-state index contributed by atoms with van der Waals surface area (Å²) in [5.74, 6) is 2.96. The highest BCUT2D eigenvalue weighted by Gasteiger charge is 2.44. The molecule has 1 aliphatic carbocycles. The quantitative estimate of drug-likeness (QED) is 0.891. The molecule has 1 saturated carbocycles. The monoisotopic (exact) mass is 290 g/mol. The zero-order chi connectivity index (χ0) is 15.0. The molecule has 1 heterocycles. The van der Waals surface area contributed by atoms with Crippen molar-refractivity contribution in [3.63, 3.8) is 0 Å². The number of aliphatic hydroxyl groups excluding tert-OH is 1. The first-order valence-corrected chi connectivity index (χ1v) is 8.08. The van der Waals surface area contributed by atoms with Gasteiger partial charge in [0.15, 0.2) is 0 Å². The number of aliphatic hydroxyl groups is 1. The number of fused-ring (bicyclic) bond motifs is 1. The third kappa shape index (κ3) is 2.76. The summed E-state index contributed by atoms with van der Waals surface area (Å²) in [4.78, 5) is 0. The summed E-state index contributed by atoms with van der Waals surface area (Å²) in [5, 5.41) is 10.5. The van der Waals surface area contributed by atoms with Crippen molar-refractivity contribution in [2.75, 3.05) is 7.11 Å². The van der Waals surface area contributed by atoms with Crippen LogP contribution >= 0.6 is 0 Å². The second-order valence-electron chi connectivity index (χ2n) is 7.01. The summed E-state index contributed by atoms with van der Waals surface area (Å²) in [7, 11) is 1.66. The van der Waals surface area contributed by atoms with Crippen molar-refractivity contribution in [3.8, 4) is 11.5 Å². The molecule has 3 atom stereocenters. The molecule has 0 amide bonds. The van der Waals surface area contributed by atoms with Gasteiger partial charge in [0.25, 0.3) is 0 Å². The maximum Gasteiger partial charge on any atom is 0.129 e. The molecule has 1 fully saturated rings. The molecule has 21 heavy (non-hydrogen) atoms. The Morgan fingerprint density at radius 1 is 1.33 bits per heavy atom.